The van der Waals surface area contributed by atoms with Gasteiger partial charge in [-0.3, -0.25) is 4.79 Å². The Bertz CT molecular complexity index is 911. The number of fused-ring (bicyclic) bond motifs is 5. The van der Waals surface area contributed by atoms with Crippen LogP contribution < -0.4 is 5.63 Å². The highest BCUT2D eigenvalue weighted by Gasteiger charge is 2.62. The van der Waals surface area contributed by atoms with E-state index >= 15 is 0 Å². The molecule has 1 heterocycles. The minimum atomic E-state index is -0.272. The van der Waals surface area contributed by atoms with Crippen molar-refractivity contribution in [2.75, 3.05) is 0 Å². The molecule has 7 unspecified atom stereocenters. The van der Waals surface area contributed by atoms with Gasteiger partial charge in [-0.2, -0.15) is 0 Å². The molecule has 30 heavy (non-hydrogen) atoms. The number of carbonyl (C=O) groups is 1. The molecule has 7 atom stereocenters. The summed E-state index contributed by atoms with van der Waals surface area (Å²) in [4.78, 5) is 22.3. The number of allylic oxidation sites excluding steroid dienone is 2. The quantitative estimate of drug-likeness (QED) is 0.479. The average molecular weight is 411 g/mol. The maximum absolute atomic E-state index is 11.5. The van der Waals surface area contributed by atoms with E-state index in [1.807, 2.05) is 6.07 Å². The maximum atomic E-state index is 11.5. The largest absolute Gasteiger partial charge is 0.465 e. The van der Waals surface area contributed by atoms with Gasteiger partial charge in [0.25, 0.3) is 6.47 Å². The van der Waals surface area contributed by atoms with Crippen LogP contribution in [0.4, 0.5) is 0 Å². The van der Waals surface area contributed by atoms with Crippen molar-refractivity contribution in [2.45, 2.75) is 84.2 Å². The molecule has 0 saturated heterocycles. The first-order chi connectivity index (χ1) is 14.3. The number of ether oxygens (including phenoxy) is 1. The van der Waals surface area contributed by atoms with E-state index in [1.165, 1.54) is 25.7 Å². The molecule has 162 valence electrons. The maximum Gasteiger partial charge on any atom is 0.335 e. The lowest BCUT2D eigenvalue weighted by Gasteiger charge is -2.64. The fourth-order valence-electron chi connectivity index (χ4n) is 8.46. The van der Waals surface area contributed by atoms with Crippen LogP contribution in [-0.4, -0.2) is 12.6 Å². The van der Waals surface area contributed by atoms with E-state index in [0.29, 0.717) is 29.6 Å². The van der Waals surface area contributed by atoms with Crippen LogP contribution in [-0.2, 0) is 9.53 Å². The molecule has 4 nitrogen and oxygen atoms in total. The van der Waals surface area contributed by atoms with E-state index in [9.17, 15) is 9.59 Å². The lowest BCUT2D eigenvalue weighted by Crippen LogP contribution is -2.56. The van der Waals surface area contributed by atoms with Crippen molar-refractivity contribution in [3.63, 3.8) is 0 Å². The van der Waals surface area contributed by atoms with E-state index in [1.54, 1.807) is 17.9 Å². The zero-order chi connectivity index (χ0) is 21.1. The monoisotopic (exact) mass is 410 g/mol. The Labute approximate surface area is 179 Å². The predicted molar refractivity (Wildman–Crippen MR) is 115 cm³/mol. The summed E-state index contributed by atoms with van der Waals surface area (Å²) in [7, 11) is 0. The highest BCUT2D eigenvalue weighted by molar-refractivity contribution is 5.39. The molecule has 0 spiro atoms. The van der Waals surface area contributed by atoms with Gasteiger partial charge in [0.15, 0.2) is 0 Å². The van der Waals surface area contributed by atoms with Gasteiger partial charge < -0.3 is 9.15 Å². The zero-order valence-corrected chi connectivity index (χ0v) is 18.5. The van der Waals surface area contributed by atoms with Crippen molar-refractivity contribution < 1.29 is 13.9 Å². The molecular weight excluding hydrogens is 376 g/mol. The molecule has 0 N–H and O–H groups in total. The van der Waals surface area contributed by atoms with Gasteiger partial charge in [0.05, 0.1) is 6.26 Å². The summed E-state index contributed by atoms with van der Waals surface area (Å²) in [6.45, 7) is 8.15. The van der Waals surface area contributed by atoms with Crippen LogP contribution in [0.15, 0.2) is 39.3 Å². The smallest absolute Gasteiger partial charge is 0.335 e. The second kappa shape index (κ2) is 6.83. The minimum Gasteiger partial charge on any atom is -0.465 e. The molecule has 1 aromatic rings. The molecular formula is C26H34O4. The fraction of sp³-hybridized carbons (Fsp3) is 0.692. The summed E-state index contributed by atoms with van der Waals surface area (Å²) in [5, 5.41) is 0. The Balaban J connectivity index is 1.45. The molecule has 3 fully saturated rings. The second-order valence-electron chi connectivity index (χ2n) is 11.1. The van der Waals surface area contributed by atoms with Crippen molar-refractivity contribution >= 4 is 6.47 Å². The van der Waals surface area contributed by atoms with Gasteiger partial charge in [-0.15, -0.1) is 0 Å². The Morgan fingerprint density at radius 1 is 1.07 bits per heavy atom. The Morgan fingerprint density at radius 3 is 2.60 bits per heavy atom. The minimum absolute atomic E-state index is 0.113. The number of hydrogen-bond acceptors (Lipinski definition) is 4. The van der Waals surface area contributed by atoms with Crippen LogP contribution in [0.3, 0.4) is 0 Å². The molecule has 0 bridgehead atoms. The fourth-order valence-corrected chi connectivity index (χ4v) is 8.46. The average Bonchev–Trinajstić information content (AvgIpc) is 3.07. The number of carbonyl (C=O) groups excluding carboxylic acids is 1. The summed E-state index contributed by atoms with van der Waals surface area (Å²) >= 11 is 0. The molecule has 0 radical (unpaired) electrons. The van der Waals surface area contributed by atoms with E-state index in [-0.39, 0.29) is 22.6 Å². The highest BCUT2D eigenvalue weighted by atomic mass is 16.5. The van der Waals surface area contributed by atoms with E-state index < -0.39 is 0 Å². The van der Waals surface area contributed by atoms with Crippen LogP contribution in [0.1, 0.15) is 83.6 Å². The predicted octanol–water partition coefficient (Wildman–Crippen LogP) is 5.62. The first-order valence-corrected chi connectivity index (χ1v) is 11.7. The first kappa shape index (κ1) is 20.1. The second-order valence-corrected chi connectivity index (χ2v) is 11.1. The standard InChI is InChI=1S/C26H34O4/c1-24-12-9-19(30-16-27)14-18(24)8-11-26(3)21-6-5-20(17-4-7-23(28)29-15-17)25(21,2)13-10-22(24)26/h4,6-7,15-16,18-20,22H,5,8-14H2,1-3H3. The number of rotatable bonds is 3. The van der Waals surface area contributed by atoms with Crippen molar-refractivity contribution in [3.8, 4) is 0 Å². The lowest BCUT2D eigenvalue weighted by atomic mass is 9.41. The normalized spacial score (nSPS) is 45.0. The van der Waals surface area contributed by atoms with Crippen molar-refractivity contribution in [1.82, 2.24) is 0 Å². The first-order valence-electron chi connectivity index (χ1n) is 11.7. The molecule has 0 aromatic carbocycles. The Kier molecular flexibility index (Phi) is 4.57. The van der Waals surface area contributed by atoms with Crippen LogP contribution in [0.25, 0.3) is 0 Å². The van der Waals surface area contributed by atoms with Crippen molar-refractivity contribution in [3.05, 3.63) is 46.0 Å². The molecule has 4 aliphatic rings. The Morgan fingerprint density at radius 2 is 1.87 bits per heavy atom. The van der Waals surface area contributed by atoms with Gasteiger partial charge in [0.1, 0.15) is 6.10 Å². The third-order valence-corrected chi connectivity index (χ3v) is 9.95. The summed E-state index contributed by atoms with van der Waals surface area (Å²) < 4.78 is 10.6. The summed E-state index contributed by atoms with van der Waals surface area (Å²) in [6.07, 6.45) is 13.5. The molecule has 1 aromatic heterocycles. The van der Waals surface area contributed by atoms with E-state index in [0.717, 1.165) is 31.2 Å². The Hall–Kier alpha value is -1.84. The third kappa shape index (κ3) is 2.71. The topological polar surface area (TPSA) is 56.5 Å². The summed E-state index contributed by atoms with van der Waals surface area (Å²) in [5.74, 6) is 1.74. The van der Waals surface area contributed by atoms with Gasteiger partial charge in [-0.25, -0.2) is 4.79 Å². The molecule has 0 amide bonds. The van der Waals surface area contributed by atoms with Gasteiger partial charge in [-0.05, 0) is 97.0 Å². The summed E-state index contributed by atoms with van der Waals surface area (Å²) in [5.41, 5.74) is 3.26. The van der Waals surface area contributed by atoms with Crippen molar-refractivity contribution in [2.24, 2.45) is 28.1 Å². The molecule has 0 aliphatic heterocycles. The lowest BCUT2D eigenvalue weighted by molar-refractivity contribution is -0.148. The third-order valence-electron chi connectivity index (χ3n) is 9.95. The van der Waals surface area contributed by atoms with Gasteiger partial charge >= 0.3 is 5.63 Å². The molecule has 5 rings (SSSR count). The van der Waals surface area contributed by atoms with Gasteiger partial charge in [0, 0.05) is 6.07 Å². The van der Waals surface area contributed by atoms with Crippen LogP contribution in [0.2, 0.25) is 0 Å². The zero-order valence-electron chi connectivity index (χ0n) is 18.5. The molecule has 3 saturated carbocycles. The van der Waals surface area contributed by atoms with Gasteiger partial charge in [0.2, 0.25) is 0 Å². The van der Waals surface area contributed by atoms with Crippen LogP contribution >= 0.6 is 0 Å². The molecule has 4 heteroatoms. The SMILES string of the molecule is CC12CCC3C(C)(CCC4CC(OC=O)CCC43C)C1=CCC2c1ccc(=O)oc1. The van der Waals surface area contributed by atoms with E-state index in [4.69, 9.17) is 9.15 Å². The molecule has 4 aliphatic carbocycles. The number of hydrogen-bond donors (Lipinski definition) is 0. The summed E-state index contributed by atoms with van der Waals surface area (Å²) in [6, 6.07) is 3.54. The van der Waals surface area contributed by atoms with Gasteiger partial charge in [-0.1, -0.05) is 32.4 Å². The van der Waals surface area contributed by atoms with Crippen LogP contribution in [0.5, 0.6) is 0 Å². The highest BCUT2D eigenvalue weighted by Crippen LogP contribution is 2.71. The van der Waals surface area contributed by atoms with Crippen LogP contribution in [0, 0.1) is 28.1 Å². The van der Waals surface area contributed by atoms with E-state index in [2.05, 4.69) is 26.8 Å². The van der Waals surface area contributed by atoms with Crippen molar-refractivity contribution in [1.29, 1.82) is 0 Å².